The molecule has 2 aromatic carbocycles. The Labute approximate surface area is 205 Å². The Morgan fingerprint density at radius 3 is 2.42 bits per heavy atom. The van der Waals surface area contributed by atoms with Gasteiger partial charge in [-0.25, -0.2) is 0 Å². The predicted octanol–water partition coefficient (Wildman–Crippen LogP) is 5.11. The maximum Gasteiger partial charge on any atom is 0.233 e. The predicted molar refractivity (Wildman–Crippen MR) is 129 cm³/mol. The second-order valence-electron chi connectivity index (χ2n) is 8.93. The molecule has 0 bridgehead atoms. The number of benzene rings is 2. The molecule has 0 radical (unpaired) electrons. The van der Waals surface area contributed by atoms with Gasteiger partial charge >= 0.3 is 0 Å². The van der Waals surface area contributed by atoms with E-state index in [4.69, 9.17) is 16.3 Å². The Morgan fingerprint density at radius 1 is 1.12 bits per heavy atom. The Hall–Kier alpha value is -2.70. The number of fused-ring (bicyclic) bond motifs is 3. The zero-order valence-corrected chi connectivity index (χ0v) is 20.7. The van der Waals surface area contributed by atoms with E-state index in [1.165, 1.54) is 11.1 Å². The van der Waals surface area contributed by atoms with E-state index in [1.54, 1.807) is 20.2 Å². The highest BCUT2D eigenvalue weighted by Gasteiger charge is 2.76. The van der Waals surface area contributed by atoms with Crippen molar-refractivity contribution in [1.29, 1.82) is 0 Å². The number of amides is 1. The fourth-order valence-electron chi connectivity index (χ4n) is 5.54. The van der Waals surface area contributed by atoms with Crippen molar-refractivity contribution in [2.75, 3.05) is 14.1 Å². The van der Waals surface area contributed by atoms with Crippen LogP contribution in [0.25, 0.3) is 0 Å². The van der Waals surface area contributed by atoms with Crippen molar-refractivity contribution in [3.8, 4) is 5.75 Å². The first-order valence-electron chi connectivity index (χ1n) is 10.6. The molecule has 33 heavy (non-hydrogen) atoms. The minimum absolute atomic E-state index is 0.202. The van der Waals surface area contributed by atoms with E-state index in [2.05, 4.69) is 20.9 Å². The summed E-state index contributed by atoms with van der Waals surface area (Å²) in [6.45, 7) is 1.85. The SMILES string of the molecule is CN(C)C(=O)[C@H]1C(=O)[C@@]2(C)c3ncc(Cl)cc3O[C@@]2(c2ccc(Br)cc2)[C@@H]1c1ccccc1. The maximum atomic E-state index is 14.3. The fourth-order valence-corrected chi connectivity index (χ4v) is 5.95. The molecule has 1 amide bonds. The molecule has 2 aliphatic rings. The summed E-state index contributed by atoms with van der Waals surface area (Å²) in [6.07, 6.45) is 1.53. The standard InChI is InChI=1S/C26H22BrClN2O3/c1-25-22-19(13-18(28)14-29-22)33-26(25,16-9-11-17(27)12-10-16)21(15-7-5-4-6-8-15)20(23(25)31)24(32)30(2)3/h4-14,20-21H,1-3H3/t20-,21-,25-,26+/m1/s1. The van der Waals surface area contributed by atoms with Crippen molar-refractivity contribution < 1.29 is 14.3 Å². The highest BCUT2D eigenvalue weighted by Crippen LogP contribution is 2.67. The number of hydrogen-bond acceptors (Lipinski definition) is 4. The van der Waals surface area contributed by atoms with E-state index in [0.29, 0.717) is 16.5 Å². The first-order chi connectivity index (χ1) is 15.7. The third-order valence-electron chi connectivity index (χ3n) is 6.99. The van der Waals surface area contributed by atoms with Gasteiger partial charge in [0.05, 0.1) is 5.02 Å². The lowest BCUT2D eigenvalue weighted by Gasteiger charge is -2.40. The molecule has 0 N–H and O–H groups in total. The summed E-state index contributed by atoms with van der Waals surface area (Å²) in [5, 5.41) is 0.424. The summed E-state index contributed by atoms with van der Waals surface area (Å²) >= 11 is 9.76. The van der Waals surface area contributed by atoms with Crippen molar-refractivity contribution in [3.05, 3.63) is 93.2 Å². The Bertz CT molecular complexity index is 1260. The third kappa shape index (κ3) is 2.93. The van der Waals surface area contributed by atoms with E-state index >= 15 is 0 Å². The first kappa shape index (κ1) is 22.1. The van der Waals surface area contributed by atoms with Crippen LogP contribution in [-0.2, 0) is 20.6 Å². The molecule has 4 atom stereocenters. The van der Waals surface area contributed by atoms with Crippen molar-refractivity contribution in [3.63, 3.8) is 0 Å². The number of pyridine rings is 1. The molecule has 1 aliphatic heterocycles. The number of ketones is 1. The molecule has 5 rings (SSSR count). The molecule has 1 saturated carbocycles. The minimum Gasteiger partial charge on any atom is -0.478 e. The number of ether oxygens (including phenoxy) is 1. The molecule has 1 aromatic heterocycles. The number of halogens is 2. The van der Waals surface area contributed by atoms with Gasteiger partial charge < -0.3 is 9.64 Å². The van der Waals surface area contributed by atoms with Gasteiger partial charge in [0.1, 0.15) is 22.8 Å². The van der Waals surface area contributed by atoms with E-state index in [-0.39, 0.29) is 11.7 Å². The first-order valence-corrected chi connectivity index (χ1v) is 11.8. The van der Waals surface area contributed by atoms with Crippen LogP contribution in [0.15, 0.2) is 71.3 Å². The van der Waals surface area contributed by atoms with Gasteiger partial charge in [-0.3, -0.25) is 14.6 Å². The van der Waals surface area contributed by atoms with E-state index < -0.39 is 22.9 Å². The number of rotatable bonds is 3. The van der Waals surface area contributed by atoms with Gasteiger partial charge in [0, 0.05) is 36.7 Å². The average molecular weight is 526 g/mol. The highest BCUT2D eigenvalue weighted by molar-refractivity contribution is 9.10. The van der Waals surface area contributed by atoms with Crippen LogP contribution in [0.5, 0.6) is 5.75 Å². The van der Waals surface area contributed by atoms with Crippen LogP contribution in [-0.4, -0.2) is 35.7 Å². The van der Waals surface area contributed by atoms with Crippen LogP contribution in [0.3, 0.4) is 0 Å². The monoisotopic (exact) mass is 524 g/mol. The Balaban J connectivity index is 1.88. The molecular formula is C26H22BrClN2O3. The topological polar surface area (TPSA) is 59.5 Å². The zero-order valence-electron chi connectivity index (χ0n) is 18.4. The number of carbonyl (C=O) groups excluding carboxylic acids is 2. The molecule has 168 valence electrons. The zero-order chi connectivity index (χ0) is 23.5. The van der Waals surface area contributed by atoms with Gasteiger partial charge in [-0.05, 0) is 30.2 Å². The van der Waals surface area contributed by atoms with Crippen LogP contribution in [0.1, 0.15) is 29.7 Å². The summed E-state index contributed by atoms with van der Waals surface area (Å²) in [5.74, 6) is -1.48. The second kappa shape index (κ2) is 7.67. The van der Waals surface area contributed by atoms with Gasteiger partial charge in [-0.1, -0.05) is 70.0 Å². The number of carbonyl (C=O) groups is 2. The molecule has 3 aromatic rings. The molecular weight excluding hydrogens is 504 g/mol. The number of hydrogen-bond donors (Lipinski definition) is 0. The van der Waals surface area contributed by atoms with E-state index in [0.717, 1.165) is 15.6 Å². The molecule has 5 nitrogen and oxygen atoms in total. The summed E-state index contributed by atoms with van der Waals surface area (Å²) in [7, 11) is 3.35. The molecule has 1 fully saturated rings. The lowest BCUT2D eigenvalue weighted by molar-refractivity contribution is -0.139. The van der Waals surface area contributed by atoms with Crippen LogP contribution in [0, 0.1) is 5.92 Å². The van der Waals surface area contributed by atoms with E-state index in [1.807, 2.05) is 61.5 Å². The summed E-state index contributed by atoms with van der Waals surface area (Å²) in [4.78, 5) is 33.9. The van der Waals surface area contributed by atoms with Gasteiger partial charge in [-0.2, -0.15) is 0 Å². The highest BCUT2D eigenvalue weighted by atomic mass is 79.9. The normalized spacial score (nSPS) is 27.6. The van der Waals surface area contributed by atoms with Crippen molar-refractivity contribution in [1.82, 2.24) is 9.88 Å². The Morgan fingerprint density at radius 2 is 1.79 bits per heavy atom. The lowest BCUT2D eigenvalue weighted by Crippen LogP contribution is -2.49. The number of Topliss-reactive ketones (excluding diaryl/α,β-unsaturated/α-hetero) is 1. The van der Waals surface area contributed by atoms with Gasteiger partial charge in [-0.15, -0.1) is 0 Å². The summed E-state index contributed by atoms with van der Waals surface area (Å²) in [5.41, 5.74) is -0.204. The quantitative estimate of drug-likeness (QED) is 0.446. The lowest BCUT2D eigenvalue weighted by atomic mass is 9.66. The molecule has 0 unspecified atom stereocenters. The minimum atomic E-state index is -1.20. The molecule has 7 heteroatoms. The van der Waals surface area contributed by atoms with Crippen molar-refractivity contribution in [2.45, 2.75) is 23.9 Å². The van der Waals surface area contributed by atoms with Crippen LogP contribution >= 0.6 is 27.5 Å². The third-order valence-corrected chi connectivity index (χ3v) is 7.73. The van der Waals surface area contributed by atoms with Crippen molar-refractivity contribution >= 4 is 39.2 Å². The summed E-state index contributed by atoms with van der Waals surface area (Å²) < 4.78 is 7.68. The second-order valence-corrected chi connectivity index (χ2v) is 10.3. The van der Waals surface area contributed by atoms with Crippen LogP contribution in [0.4, 0.5) is 0 Å². The molecule has 0 spiro atoms. The summed E-state index contributed by atoms with van der Waals surface area (Å²) in [6, 6.07) is 19.1. The largest absolute Gasteiger partial charge is 0.478 e. The maximum absolute atomic E-state index is 14.3. The smallest absolute Gasteiger partial charge is 0.233 e. The van der Waals surface area contributed by atoms with Crippen LogP contribution < -0.4 is 4.74 Å². The fraction of sp³-hybridized carbons (Fsp3) is 0.269. The van der Waals surface area contributed by atoms with Crippen molar-refractivity contribution in [2.24, 2.45) is 5.92 Å². The average Bonchev–Trinajstić information content (AvgIpc) is 3.17. The number of aromatic nitrogens is 1. The van der Waals surface area contributed by atoms with Gasteiger partial charge in [0.15, 0.2) is 11.4 Å². The van der Waals surface area contributed by atoms with E-state index in [9.17, 15) is 9.59 Å². The Kier molecular flexibility index (Phi) is 5.14. The van der Waals surface area contributed by atoms with Crippen LogP contribution in [0.2, 0.25) is 5.02 Å². The molecule has 1 aliphatic carbocycles. The van der Waals surface area contributed by atoms with Gasteiger partial charge in [0.25, 0.3) is 0 Å². The van der Waals surface area contributed by atoms with Gasteiger partial charge in [0.2, 0.25) is 5.91 Å². The number of nitrogens with zero attached hydrogens (tertiary/aromatic N) is 2. The molecule has 2 heterocycles. The molecule has 0 saturated heterocycles.